The first-order chi connectivity index (χ1) is 11.7. The van der Waals surface area contributed by atoms with E-state index in [1.807, 2.05) is 30.3 Å². The van der Waals surface area contributed by atoms with Gasteiger partial charge in [-0.1, -0.05) is 29.8 Å². The van der Waals surface area contributed by atoms with Crippen molar-refractivity contribution in [1.82, 2.24) is 19.9 Å². The van der Waals surface area contributed by atoms with E-state index in [2.05, 4.69) is 15.4 Å². The maximum absolute atomic E-state index is 12.3. The number of halogens is 1. The minimum atomic E-state index is -0.204. The second kappa shape index (κ2) is 7.42. The molecule has 0 saturated heterocycles. The van der Waals surface area contributed by atoms with Crippen molar-refractivity contribution in [2.45, 2.75) is 6.42 Å². The Balaban J connectivity index is 1.92. The number of ether oxygens (including phenoxy) is 1. The number of nitrogens with one attached hydrogen (secondary N) is 1. The van der Waals surface area contributed by atoms with Crippen molar-refractivity contribution in [1.29, 1.82) is 0 Å². The number of benzene rings is 1. The van der Waals surface area contributed by atoms with E-state index in [1.165, 1.54) is 6.20 Å². The third-order valence-electron chi connectivity index (χ3n) is 3.61. The standard InChI is InChI=1S/C17H17ClN4O2/c1-24-10-4-8-20-17(23)13-11-21-22-15(7-9-19-16(13)22)12-5-2-3-6-14(12)18/h2-3,5-7,9,11H,4,8,10H2,1H3,(H,20,23). The Morgan fingerprint density at radius 1 is 1.33 bits per heavy atom. The lowest BCUT2D eigenvalue weighted by Gasteiger charge is -2.07. The summed E-state index contributed by atoms with van der Waals surface area (Å²) >= 11 is 6.27. The zero-order valence-electron chi connectivity index (χ0n) is 13.2. The Hall–Kier alpha value is -2.44. The van der Waals surface area contributed by atoms with Gasteiger partial charge in [0, 0.05) is 37.0 Å². The molecule has 0 aliphatic rings. The Bertz CT molecular complexity index is 863. The summed E-state index contributed by atoms with van der Waals surface area (Å²) in [6, 6.07) is 9.31. The van der Waals surface area contributed by atoms with Crippen LogP contribution in [0.5, 0.6) is 0 Å². The molecule has 0 saturated carbocycles. The molecule has 1 aromatic carbocycles. The van der Waals surface area contributed by atoms with Crippen LogP contribution in [0.25, 0.3) is 16.9 Å². The Labute approximate surface area is 144 Å². The molecule has 1 amide bonds. The summed E-state index contributed by atoms with van der Waals surface area (Å²) in [5, 5.41) is 7.77. The normalized spacial score (nSPS) is 10.9. The summed E-state index contributed by atoms with van der Waals surface area (Å²) < 4.78 is 6.60. The van der Waals surface area contributed by atoms with Gasteiger partial charge in [0.25, 0.3) is 5.91 Å². The van der Waals surface area contributed by atoms with Crippen LogP contribution in [-0.2, 0) is 4.74 Å². The predicted molar refractivity (Wildman–Crippen MR) is 92.3 cm³/mol. The molecular formula is C17H17ClN4O2. The average molecular weight is 345 g/mol. The molecule has 24 heavy (non-hydrogen) atoms. The molecule has 2 heterocycles. The van der Waals surface area contributed by atoms with Crippen LogP contribution < -0.4 is 5.32 Å². The van der Waals surface area contributed by atoms with Crippen molar-refractivity contribution < 1.29 is 9.53 Å². The second-order valence-corrected chi connectivity index (χ2v) is 5.61. The maximum Gasteiger partial charge on any atom is 0.256 e. The molecule has 1 N–H and O–H groups in total. The highest BCUT2D eigenvalue weighted by molar-refractivity contribution is 6.33. The van der Waals surface area contributed by atoms with E-state index in [0.29, 0.717) is 29.4 Å². The van der Waals surface area contributed by atoms with E-state index in [1.54, 1.807) is 17.8 Å². The summed E-state index contributed by atoms with van der Waals surface area (Å²) in [6.07, 6.45) is 3.92. The Morgan fingerprint density at radius 2 is 2.17 bits per heavy atom. The lowest BCUT2D eigenvalue weighted by molar-refractivity contribution is 0.0950. The first kappa shape index (κ1) is 16.4. The van der Waals surface area contributed by atoms with Crippen LogP contribution in [0, 0.1) is 0 Å². The molecule has 3 rings (SSSR count). The number of nitrogens with zero attached hydrogens (tertiary/aromatic N) is 3. The largest absolute Gasteiger partial charge is 0.385 e. The number of carbonyl (C=O) groups is 1. The van der Waals surface area contributed by atoms with Gasteiger partial charge >= 0.3 is 0 Å². The first-order valence-electron chi connectivity index (χ1n) is 7.57. The maximum atomic E-state index is 12.3. The van der Waals surface area contributed by atoms with E-state index in [-0.39, 0.29) is 5.91 Å². The van der Waals surface area contributed by atoms with E-state index >= 15 is 0 Å². The van der Waals surface area contributed by atoms with Crippen LogP contribution in [0.4, 0.5) is 0 Å². The second-order valence-electron chi connectivity index (χ2n) is 5.21. The topological polar surface area (TPSA) is 68.5 Å². The number of amides is 1. The highest BCUT2D eigenvalue weighted by Crippen LogP contribution is 2.27. The van der Waals surface area contributed by atoms with Crippen LogP contribution in [0.3, 0.4) is 0 Å². The van der Waals surface area contributed by atoms with E-state index < -0.39 is 0 Å². The zero-order chi connectivity index (χ0) is 16.9. The molecule has 0 fully saturated rings. The molecule has 0 bridgehead atoms. The highest BCUT2D eigenvalue weighted by atomic mass is 35.5. The number of hydrogen-bond acceptors (Lipinski definition) is 4. The number of methoxy groups -OCH3 is 1. The van der Waals surface area contributed by atoms with Gasteiger partial charge in [-0.2, -0.15) is 5.10 Å². The van der Waals surface area contributed by atoms with Crippen molar-refractivity contribution in [3.8, 4) is 11.3 Å². The van der Waals surface area contributed by atoms with Crippen LogP contribution in [-0.4, -0.2) is 40.8 Å². The summed E-state index contributed by atoms with van der Waals surface area (Å²) in [5.74, 6) is -0.204. The van der Waals surface area contributed by atoms with Crippen molar-refractivity contribution in [2.75, 3.05) is 20.3 Å². The number of fused-ring (bicyclic) bond motifs is 1. The number of aromatic nitrogens is 3. The fourth-order valence-corrected chi connectivity index (χ4v) is 2.67. The van der Waals surface area contributed by atoms with Crippen molar-refractivity contribution in [2.24, 2.45) is 0 Å². The van der Waals surface area contributed by atoms with Crippen molar-refractivity contribution >= 4 is 23.2 Å². The third-order valence-corrected chi connectivity index (χ3v) is 3.94. The van der Waals surface area contributed by atoms with Crippen LogP contribution in [0.1, 0.15) is 16.8 Å². The van der Waals surface area contributed by atoms with E-state index in [0.717, 1.165) is 17.7 Å². The Kier molecular flexibility index (Phi) is 5.08. The lowest BCUT2D eigenvalue weighted by Crippen LogP contribution is -2.25. The van der Waals surface area contributed by atoms with Crippen molar-refractivity contribution in [3.63, 3.8) is 0 Å². The van der Waals surface area contributed by atoms with E-state index in [4.69, 9.17) is 16.3 Å². The van der Waals surface area contributed by atoms with Gasteiger partial charge in [0.2, 0.25) is 0 Å². The monoisotopic (exact) mass is 344 g/mol. The van der Waals surface area contributed by atoms with E-state index in [9.17, 15) is 4.79 Å². The fraction of sp³-hybridized carbons (Fsp3) is 0.235. The number of carbonyl (C=O) groups excluding carboxylic acids is 1. The number of rotatable bonds is 6. The summed E-state index contributed by atoms with van der Waals surface area (Å²) in [6.45, 7) is 1.14. The molecule has 6 nitrogen and oxygen atoms in total. The van der Waals surface area contributed by atoms with Crippen LogP contribution in [0.15, 0.2) is 42.7 Å². The van der Waals surface area contributed by atoms with Crippen LogP contribution in [0.2, 0.25) is 5.02 Å². The van der Waals surface area contributed by atoms with Crippen molar-refractivity contribution in [3.05, 3.63) is 53.3 Å². The van der Waals surface area contributed by atoms with Gasteiger partial charge in [0.15, 0.2) is 5.65 Å². The molecule has 0 radical (unpaired) electrons. The summed E-state index contributed by atoms with van der Waals surface area (Å²) in [5.41, 5.74) is 2.55. The lowest BCUT2D eigenvalue weighted by atomic mass is 10.1. The van der Waals surface area contributed by atoms with Gasteiger partial charge < -0.3 is 10.1 Å². The predicted octanol–water partition coefficient (Wildman–Crippen LogP) is 2.82. The molecule has 0 unspecified atom stereocenters. The molecule has 2 aromatic heterocycles. The van der Waals surface area contributed by atoms with Gasteiger partial charge in [-0.05, 0) is 18.6 Å². The fourth-order valence-electron chi connectivity index (χ4n) is 2.44. The quantitative estimate of drug-likeness (QED) is 0.698. The molecule has 7 heteroatoms. The first-order valence-corrected chi connectivity index (χ1v) is 7.95. The molecule has 3 aromatic rings. The minimum absolute atomic E-state index is 0.204. The van der Waals surface area contributed by atoms with Gasteiger partial charge in [0.1, 0.15) is 5.56 Å². The molecule has 0 atom stereocenters. The highest BCUT2D eigenvalue weighted by Gasteiger charge is 2.16. The number of hydrogen-bond donors (Lipinski definition) is 1. The van der Waals surface area contributed by atoms with Gasteiger partial charge in [-0.15, -0.1) is 0 Å². The zero-order valence-corrected chi connectivity index (χ0v) is 14.0. The molecule has 0 spiro atoms. The molecule has 0 aliphatic carbocycles. The van der Waals surface area contributed by atoms with Crippen LogP contribution >= 0.6 is 11.6 Å². The van der Waals surface area contributed by atoms with Gasteiger partial charge in [0.05, 0.1) is 11.9 Å². The molecule has 124 valence electrons. The Morgan fingerprint density at radius 3 is 2.96 bits per heavy atom. The third kappa shape index (κ3) is 3.25. The molecular weight excluding hydrogens is 328 g/mol. The molecule has 0 aliphatic heterocycles. The minimum Gasteiger partial charge on any atom is -0.385 e. The SMILES string of the molecule is COCCCNC(=O)c1cnn2c(-c3ccccc3Cl)ccnc12. The summed E-state index contributed by atoms with van der Waals surface area (Å²) in [7, 11) is 1.63. The van der Waals surface area contributed by atoms with Gasteiger partial charge in [-0.3, -0.25) is 4.79 Å². The average Bonchev–Trinajstić information content (AvgIpc) is 3.03. The summed E-state index contributed by atoms with van der Waals surface area (Å²) in [4.78, 5) is 16.6. The smallest absolute Gasteiger partial charge is 0.256 e. The van der Waals surface area contributed by atoms with Gasteiger partial charge in [-0.25, -0.2) is 9.50 Å².